The normalized spacial score (nSPS) is 11.6. The first-order valence-corrected chi connectivity index (χ1v) is 6.27. The molecule has 18 heavy (non-hydrogen) atoms. The van der Waals surface area contributed by atoms with E-state index in [1.54, 1.807) is 0 Å². The molecular formula is C9H9FN4O3S. The summed E-state index contributed by atoms with van der Waals surface area (Å²) in [6.45, 7) is -0.143. The van der Waals surface area contributed by atoms with E-state index in [0.717, 1.165) is 24.6 Å². The maximum atomic E-state index is 12.8. The number of sulfonamides is 1. The van der Waals surface area contributed by atoms with Gasteiger partial charge in [0.2, 0.25) is 16.4 Å². The lowest BCUT2D eigenvalue weighted by Crippen LogP contribution is -2.24. The molecule has 0 atom stereocenters. The summed E-state index contributed by atoms with van der Waals surface area (Å²) in [5.41, 5.74) is 5.28. The fourth-order valence-electron chi connectivity index (χ4n) is 1.27. The van der Waals surface area contributed by atoms with Crippen molar-refractivity contribution in [3.8, 4) is 0 Å². The second kappa shape index (κ2) is 4.70. The van der Waals surface area contributed by atoms with Gasteiger partial charge >= 0.3 is 0 Å². The Morgan fingerprint density at radius 2 is 2.22 bits per heavy atom. The van der Waals surface area contributed by atoms with E-state index < -0.39 is 15.8 Å². The zero-order valence-corrected chi connectivity index (χ0v) is 9.82. The van der Waals surface area contributed by atoms with Gasteiger partial charge in [-0.05, 0) is 18.2 Å². The number of rotatable bonds is 4. The third-order valence-electron chi connectivity index (χ3n) is 2.09. The molecule has 2 rings (SSSR count). The fraction of sp³-hybridized carbons (Fsp3) is 0.111. The summed E-state index contributed by atoms with van der Waals surface area (Å²) in [7, 11) is -3.85. The maximum Gasteiger partial charge on any atom is 0.243 e. The van der Waals surface area contributed by atoms with Crippen LogP contribution in [-0.4, -0.2) is 18.6 Å². The van der Waals surface area contributed by atoms with E-state index in [4.69, 9.17) is 5.73 Å². The summed E-state index contributed by atoms with van der Waals surface area (Å²) >= 11 is 0. The number of hydrogen-bond donors (Lipinski definition) is 2. The van der Waals surface area contributed by atoms with Gasteiger partial charge in [-0.2, -0.15) is 4.98 Å². The number of benzene rings is 1. The van der Waals surface area contributed by atoms with Gasteiger partial charge in [0.15, 0.2) is 5.82 Å². The van der Waals surface area contributed by atoms with Gasteiger partial charge in [0.25, 0.3) is 0 Å². The van der Waals surface area contributed by atoms with E-state index in [2.05, 4.69) is 19.4 Å². The SMILES string of the molecule is Nc1cc(F)ccc1S(=O)(=O)NCc1ncon1. The topological polar surface area (TPSA) is 111 Å². The zero-order valence-electron chi connectivity index (χ0n) is 9.00. The molecule has 0 saturated heterocycles. The lowest BCUT2D eigenvalue weighted by atomic mass is 10.3. The lowest BCUT2D eigenvalue weighted by Gasteiger charge is -2.07. The van der Waals surface area contributed by atoms with Gasteiger partial charge in [-0.15, -0.1) is 0 Å². The highest BCUT2D eigenvalue weighted by molar-refractivity contribution is 7.89. The number of nitrogens with two attached hydrogens (primary N) is 1. The first-order chi connectivity index (χ1) is 8.49. The van der Waals surface area contributed by atoms with E-state index in [9.17, 15) is 12.8 Å². The van der Waals surface area contributed by atoms with Crippen LogP contribution in [0.15, 0.2) is 34.0 Å². The first kappa shape index (κ1) is 12.5. The van der Waals surface area contributed by atoms with Gasteiger partial charge < -0.3 is 10.3 Å². The predicted molar refractivity (Wildman–Crippen MR) is 59.1 cm³/mol. The molecule has 0 aliphatic carbocycles. The Morgan fingerprint density at radius 1 is 1.44 bits per heavy atom. The molecule has 0 aliphatic heterocycles. The largest absolute Gasteiger partial charge is 0.398 e. The van der Waals surface area contributed by atoms with Gasteiger partial charge in [0.1, 0.15) is 10.7 Å². The second-order valence-corrected chi connectivity index (χ2v) is 5.09. The number of hydrogen-bond acceptors (Lipinski definition) is 6. The van der Waals surface area contributed by atoms with Gasteiger partial charge in [0.05, 0.1) is 12.2 Å². The minimum Gasteiger partial charge on any atom is -0.398 e. The summed E-state index contributed by atoms with van der Waals surface area (Å²) < 4.78 is 43.2. The smallest absolute Gasteiger partial charge is 0.243 e. The molecule has 0 aliphatic rings. The first-order valence-electron chi connectivity index (χ1n) is 4.79. The third kappa shape index (κ3) is 2.63. The fourth-order valence-corrected chi connectivity index (χ4v) is 2.36. The monoisotopic (exact) mass is 272 g/mol. The Bertz CT molecular complexity index is 642. The van der Waals surface area contributed by atoms with E-state index in [1.807, 2.05) is 0 Å². The highest BCUT2D eigenvalue weighted by Crippen LogP contribution is 2.18. The van der Waals surface area contributed by atoms with Crippen molar-refractivity contribution in [2.75, 3.05) is 5.73 Å². The van der Waals surface area contributed by atoms with Gasteiger partial charge in [-0.3, -0.25) is 0 Å². The van der Waals surface area contributed by atoms with E-state index in [1.165, 1.54) is 0 Å². The van der Waals surface area contributed by atoms with Gasteiger partial charge in [-0.25, -0.2) is 17.5 Å². The van der Waals surface area contributed by atoms with Crippen LogP contribution < -0.4 is 10.5 Å². The summed E-state index contributed by atoms with van der Waals surface area (Å²) in [5, 5.41) is 3.45. The molecule has 96 valence electrons. The minimum atomic E-state index is -3.85. The standard InChI is InChI=1S/C9H9FN4O3S/c10-6-1-2-8(7(11)3-6)18(15,16)13-4-9-12-5-17-14-9/h1-3,5,13H,4,11H2. The molecule has 1 heterocycles. The molecule has 0 fully saturated rings. The van der Waals surface area contributed by atoms with E-state index in [0.29, 0.717) is 0 Å². The quantitative estimate of drug-likeness (QED) is 0.773. The van der Waals surface area contributed by atoms with Crippen molar-refractivity contribution in [3.63, 3.8) is 0 Å². The average molecular weight is 272 g/mol. The molecular weight excluding hydrogens is 263 g/mol. The van der Waals surface area contributed by atoms with Crippen molar-refractivity contribution < 1.29 is 17.3 Å². The van der Waals surface area contributed by atoms with Crippen LogP contribution in [0, 0.1) is 5.82 Å². The molecule has 0 unspecified atom stereocenters. The van der Waals surface area contributed by atoms with Crippen LogP contribution in [0.2, 0.25) is 0 Å². The highest BCUT2D eigenvalue weighted by atomic mass is 32.2. The molecule has 0 amide bonds. The molecule has 0 radical (unpaired) electrons. The van der Waals surface area contributed by atoms with Crippen LogP contribution in [0.1, 0.15) is 5.82 Å². The number of nitrogens with zero attached hydrogens (tertiary/aromatic N) is 2. The minimum absolute atomic E-state index is 0.143. The molecule has 3 N–H and O–H groups in total. The Balaban J connectivity index is 2.20. The molecule has 2 aromatic rings. The Morgan fingerprint density at radius 3 is 2.83 bits per heavy atom. The molecule has 0 saturated carbocycles. The summed E-state index contributed by atoms with van der Waals surface area (Å²) in [6, 6.07) is 3.03. The van der Waals surface area contributed by atoms with Crippen molar-refractivity contribution in [1.29, 1.82) is 0 Å². The molecule has 1 aromatic heterocycles. The molecule has 0 bridgehead atoms. The van der Waals surface area contributed by atoms with Crippen LogP contribution in [-0.2, 0) is 16.6 Å². The van der Waals surface area contributed by atoms with E-state index in [-0.39, 0.29) is 23.0 Å². The molecule has 7 nitrogen and oxygen atoms in total. The predicted octanol–water partition coefficient (Wildman–Crippen LogP) is 0.269. The van der Waals surface area contributed by atoms with Crippen LogP contribution >= 0.6 is 0 Å². The number of aromatic nitrogens is 2. The van der Waals surface area contributed by atoms with Crippen LogP contribution in [0.4, 0.5) is 10.1 Å². The summed E-state index contributed by atoms with van der Waals surface area (Å²) in [4.78, 5) is 3.45. The van der Waals surface area contributed by atoms with Crippen LogP contribution in [0.5, 0.6) is 0 Å². The van der Waals surface area contributed by atoms with Crippen molar-refractivity contribution in [3.05, 3.63) is 36.2 Å². The maximum absolute atomic E-state index is 12.8. The third-order valence-corrected chi connectivity index (χ3v) is 3.56. The second-order valence-electron chi connectivity index (χ2n) is 3.35. The van der Waals surface area contributed by atoms with Crippen molar-refractivity contribution >= 4 is 15.7 Å². The van der Waals surface area contributed by atoms with E-state index >= 15 is 0 Å². The van der Waals surface area contributed by atoms with Crippen LogP contribution in [0.3, 0.4) is 0 Å². The van der Waals surface area contributed by atoms with Crippen molar-refractivity contribution in [2.24, 2.45) is 0 Å². The summed E-state index contributed by atoms with van der Waals surface area (Å²) in [5.74, 6) is -0.427. The number of halogens is 1. The Hall–Kier alpha value is -2.00. The average Bonchev–Trinajstić information content (AvgIpc) is 2.78. The lowest BCUT2D eigenvalue weighted by molar-refractivity contribution is 0.409. The number of anilines is 1. The van der Waals surface area contributed by atoms with Crippen molar-refractivity contribution in [1.82, 2.24) is 14.9 Å². The van der Waals surface area contributed by atoms with Gasteiger partial charge in [0, 0.05) is 0 Å². The molecule has 0 spiro atoms. The Labute approximate surface area is 102 Å². The molecule has 1 aromatic carbocycles. The van der Waals surface area contributed by atoms with Gasteiger partial charge in [-0.1, -0.05) is 5.16 Å². The number of nitrogens with one attached hydrogen (secondary N) is 1. The highest BCUT2D eigenvalue weighted by Gasteiger charge is 2.18. The Kier molecular flexibility index (Phi) is 3.26. The summed E-state index contributed by atoms with van der Waals surface area (Å²) in [6.07, 6.45) is 1.08. The molecule has 9 heteroatoms. The number of nitrogen functional groups attached to an aromatic ring is 1. The van der Waals surface area contributed by atoms with Crippen LogP contribution in [0.25, 0.3) is 0 Å². The van der Waals surface area contributed by atoms with Crippen molar-refractivity contribution in [2.45, 2.75) is 11.4 Å². The zero-order chi connectivity index (χ0) is 13.2.